The Bertz CT molecular complexity index is 649. The SMILES string of the molecule is CCN(CCO)c1nc(NC2CCCCC2)c2cnn(C)c2n1. The summed E-state index contributed by atoms with van der Waals surface area (Å²) in [5.74, 6) is 1.51. The smallest absolute Gasteiger partial charge is 0.229 e. The minimum atomic E-state index is 0.0893. The van der Waals surface area contributed by atoms with E-state index in [2.05, 4.69) is 15.4 Å². The fourth-order valence-electron chi connectivity index (χ4n) is 3.22. The van der Waals surface area contributed by atoms with Gasteiger partial charge in [-0.25, -0.2) is 0 Å². The van der Waals surface area contributed by atoms with Crippen LogP contribution in [0.3, 0.4) is 0 Å². The number of hydrogen-bond acceptors (Lipinski definition) is 6. The lowest BCUT2D eigenvalue weighted by atomic mass is 9.95. The second-order valence-corrected chi connectivity index (χ2v) is 6.16. The number of hydrogen-bond donors (Lipinski definition) is 2. The van der Waals surface area contributed by atoms with Crippen molar-refractivity contribution in [3.05, 3.63) is 6.20 Å². The second kappa shape index (κ2) is 7.12. The lowest BCUT2D eigenvalue weighted by Crippen LogP contribution is -2.29. The first-order valence-corrected chi connectivity index (χ1v) is 8.55. The molecule has 1 aliphatic carbocycles. The third-order valence-corrected chi connectivity index (χ3v) is 4.56. The highest BCUT2D eigenvalue weighted by molar-refractivity contribution is 5.87. The molecule has 0 atom stereocenters. The van der Waals surface area contributed by atoms with Gasteiger partial charge in [0.25, 0.3) is 0 Å². The molecule has 0 bridgehead atoms. The van der Waals surface area contributed by atoms with Crippen molar-refractivity contribution >= 4 is 22.8 Å². The van der Waals surface area contributed by atoms with E-state index in [0.29, 0.717) is 18.5 Å². The quantitative estimate of drug-likeness (QED) is 0.847. The number of nitrogens with zero attached hydrogens (tertiary/aromatic N) is 5. The van der Waals surface area contributed by atoms with Gasteiger partial charge in [-0.3, -0.25) is 4.68 Å². The monoisotopic (exact) mass is 318 g/mol. The van der Waals surface area contributed by atoms with Crippen molar-refractivity contribution in [1.29, 1.82) is 0 Å². The van der Waals surface area contributed by atoms with E-state index in [0.717, 1.165) is 23.4 Å². The maximum atomic E-state index is 9.26. The van der Waals surface area contributed by atoms with E-state index >= 15 is 0 Å². The van der Waals surface area contributed by atoms with Crippen LogP contribution >= 0.6 is 0 Å². The van der Waals surface area contributed by atoms with Crippen molar-refractivity contribution in [3.8, 4) is 0 Å². The zero-order valence-corrected chi connectivity index (χ0v) is 14.0. The summed E-state index contributed by atoms with van der Waals surface area (Å²) in [6.07, 6.45) is 8.08. The lowest BCUT2D eigenvalue weighted by molar-refractivity contribution is 0.302. The maximum absolute atomic E-state index is 9.26. The molecule has 23 heavy (non-hydrogen) atoms. The van der Waals surface area contributed by atoms with Crippen LogP contribution in [0.2, 0.25) is 0 Å². The first-order valence-electron chi connectivity index (χ1n) is 8.55. The molecule has 0 unspecified atom stereocenters. The molecule has 1 fully saturated rings. The Morgan fingerprint density at radius 1 is 1.30 bits per heavy atom. The van der Waals surface area contributed by atoms with Crippen molar-refractivity contribution < 1.29 is 5.11 Å². The molecule has 1 aliphatic rings. The Morgan fingerprint density at radius 2 is 2.09 bits per heavy atom. The predicted octanol–water partition coefficient (Wildman–Crippen LogP) is 1.93. The standard InChI is InChI=1S/C16H26N6O/c1-3-22(9-10-23)16-19-14(18-12-7-5-4-6-8-12)13-11-17-21(2)15(13)20-16/h11-12,23H,3-10H2,1-2H3,(H,18,19,20). The van der Waals surface area contributed by atoms with Crippen LogP contribution in [0.5, 0.6) is 0 Å². The van der Waals surface area contributed by atoms with Crippen LogP contribution in [0.25, 0.3) is 11.0 Å². The zero-order valence-electron chi connectivity index (χ0n) is 14.0. The molecule has 0 saturated heterocycles. The molecule has 126 valence electrons. The van der Waals surface area contributed by atoms with Gasteiger partial charge < -0.3 is 15.3 Å². The molecule has 3 rings (SSSR count). The first-order chi connectivity index (χ1) is 11.2. The minimum absolute atomic E-state index is 0.0893. The van der Waals surface area contributed by atoms with Gasteiger partial charge >= 0.3 is 0 Å². The molecule has 0 aliphatic heterocycles. The van der Waals surface area contributed by atoms with Gasteiger partial charge in [0.15, 0.2) is 5.65 Å². The number of aliphatic hydroxyl groups is 1. The molecule has 1 saturated carbocycles. The van der Waals surface area contributed by atoms with Gasteiger partial charge in [0.05, 0.1) is 18.2 Å². The normalized spacial score (nSPS) is 16.0. The summed E-state index contributed by atoms with van der Waals surface area (Å²) in [7, 11) is 1.89. The van der Waals surface area contributed by atoms with Gasteiger partial charge in [-0.2, -0.15) is 15.1 Å². The molecular weight excluding hydrogens is 292 g/mol. The van der Waals surface area contributed by atoms with Crippen LogP contribution in [0.15, 0.2) is 6.20 Å². The maximum Gasteiger partial charge on any atom is 0.229 e. The van der Waals surface area contributed by atoms with Crippen LogP contribution in [0, 0.1) is 0 Å². The number of aliphatic hydroxyl groups excluding tert-OH is 1. The van der Waals surface area contributed by atoms with E-state index in [9.17, 15) is 5.11 Å². The topological polar surface area (TPSA) is 79.1 Å². The first kappa shape index (κ1) is 16.0. The average Bonchev–Trinajstić information content (AvgIpc) is 2.95. The predicted molar refractivity (Wildman–Crippen MR) is 91.8 cm³/mol. The number of rotatable bonds is 6. The molecule has 7 nitrogen and oxygen atoms in total. The summed E-state index contributed by atoms with van der Waals surface area (Å²) in [5.41, 5.74) is 0.824. The van der Waals surface area contributed by atoms with E-state index in [1.165, 1.54) is 32.1 Å². The van der Waals surface area contributed by atoms with Crippen molar-refractivity contribution in [2.75, 3.05) is 29.9 Å². The van der Waals surface area contributed by atoms with Gasteiger partial charge in [0.2, 0.25) is 5.95 Å². The minimum Gasteiger partial charge on any atom is -0.395 e. The summed E-state index contributed by atoms with van der Waals surface area (Å²) in [6.45, 7) is 3.42. The molecule has 2 heterocycles. The number of anilines is 2. The highest BCUT2D eigenvalue weighted by Crippen LogP contribution is 2.27. The third-order valence-electron chi connectivity index (χ3n) is 4.56. The van der Waals surface area contributed by atoms with Crippen LogP contribution in [0.1, 0.15) is 39.0 Å². The van der Waals surface area contributed by atoms with Gasteiger partial charge in [-0.15, -0.1) is 0 Å². The Hall–Kier alpha value is -1.89. The fraction of sp³-hybridized carbons (Fsp3) is 0.688. The molecule has 0 aromatic carbocycles. The summed E-state index contributed by atoms with van der Waals surface area (Å²) in [5, 5.41) is 18.2. The Kier molecular flexibility index (Phi) is 4.95. The Labute approximate surface area is 136 Å². The van der Waals surface area contributed by atoms with Crippen LogP contribution in [-0.4, -0.2) is 50.6 Å². The highest BCUT2D eigenvalue weighted by Gasteiger charge is 2.19. The molecule has 0 spiro atoms. The number of aryl methyl sites for hydroxylation is 1. The van der Waals surface area contributed by atoms with E-state index < -0.39 is 0 Å². The number of aromatic nitrogens is 4. The van der Waals surface area contributed by atoms with Crippen LogP contribution < -0.4 is 10.2 Å². The average molecular weight is 318 g/mol. The number of nitrogens with one attached hydrogen (secondary N) is 1. The largest absolute Gasteiger partial charge is 0.395 e. The van der Waals surface area contributed by atoms with Crippen molar-refractivity contribution in [2.45, 2.75) is 45.1 Å². The summed E-state index contributed by atoms with van der Waals surface area (Å²) in [6, 6.07) is 0.475. The Morgan fingerprint density at radius 3 is 2.78 bits per heavy atom. The summed E-state index contributed by atoms with van der Waals surface area (Å²) in [4.78, 5) is 11.4. The van der Waals surface area contributed by atoms with E-state index in [1.807, 2.05) is 25.1 Å². The number of likely N-dealkylation sites (N-methyl/N-ethyl adjacent to an activating group) is 1. The number of fused-ring (bicyclic) bond motifs is 1. The zero-order chi connectivity index (χ0) is 16.2. The fourth-order valence-corrected chi connectivity index (χ4v) is 3.22. The van der Waals surface area contributed by atoms with Gasteiger partial charge in [0, 0.05) is 26.2 Å². The highest BCUT2D eigenvalue weighted by atomic mass is 16.3. The molecular formula is C16H26N6O. The molecule has 0 amide bonds. The van der Waals surface area contributed by atoms with E-state index in [-0.39, 0.29) is 6.61 Å². The Balaban J connectivity index is 1.96. The van der Waals surface area contributed by atoms with Gasteiger partial charge in [-0.05, 0) is 19.8 Å². The molecule has 0 radical (unpaired) electrons. The van der Waals surface area contributed by atoms with E-state index in [1.54, 1.807) is 4.68 Å². The van der Waals surface area contributed by atoms with Crippen molar-refractivity contribution in [2.24, 2.45) is 7.05 Å². The second-order valence-electron chi connectivity index (χ2n) is 6.16. The van der Waals surface area contributed by atoms with Gasteiger partial charge in [-0.1, -0.05) is 19.3 Å². The van der Waals surface area contributed by atoms with E-state index in [4.69, 9.17) is 4.98 Å². The molecule has 7 heteroatoms. The third kappa shape index (κ3) is 3.39. The molecule has 2 aromatic rings. The summed E-state index contributed by atoms with van der Waals surface area (Å²) >= 11 is 0. The summed E-state index contributed by atoms with van der Waals surface area (Å²) < 4.78 is 1.78. The lowest BCUT2D eigenvalue weighted by Gasteiger charge is -2.25. The van der Waals surface area contributed by atoms with Crippen LogP contribution in [0.4, 0.5) is 11.8 Å². The van der Waals surface area contributed by atoms with Crippen molar-refractivity contribution in [1.82, 2.24) is 19.7 Å². The molecule has 2 N–H and O–H groups in total. The van der Waals surface area contributed by atoms with Gasteiger partial charge in [0.1, 0.15) is 5.82 Å². The van der Waals surface area contributed by atoms with Crippen molar-refractivity contribution in [3.63, 3.8) is 0 Å². The molecule has 2 aromatic heterocycles. The van der Waals surface area contributed by atoms with Crippen LogP contribution in [-0.2, 0) is 7.05 Å².